The molecule has 0 fully saturated rings. The van der Waals surface area contributed by atoms with Crippen molar-refractivity contribution in [3.05, 3.63) is 42.5 Å². The van der Waals surface area contributed by atoms with Gasteiger partial charge in [-0.05, 0) is 18.1 Å². The lowest BCUT2D eigenvalue weighted by atomic mass is 9.93. The Hall–Kier alpha value is -1.61. The number of carbonyl (C=O) groups excluding carboxylic acids is 1. The topological polar surface area (TPSA) is 46.5 Å². The molecule has 3 nitrogen and oxygen atoms in total. The van der Waals surface area contributed by atoms with Crippen molar-refractivity contribution in [1.82, 2.24) is 0 Å². The van der Waals surface area contributed by atoms with E-state index in [1.807, 2.05) is 30.3 Å². The average molecular weight is 220 g/mol. The fraction of sp³-hybridized carbons (Fsp3) is 0.308. The van der Waals surface area contributed by atoms with Gasteiger partial charge in [-0.15, -0.1) is 0 Å². The molecule has 86 valence electrons. The van der Waals surface area contributed by atoms with Gasteiger partial charge in [0, 0.05) is 6.42 Å². The number of esters is 1. The van der Waals surface area contributed by atoms with Gasteiger partial charge in [0.05, 0.1) is 7.11 Å². The van der Waals surface area contributed by atoms with E-state index in [1.165, 1.54) is 14.0 Å². The first-order valence-corrected chi connectivity index (χ1v) is 5.01. The number of carbonyl (C=O) groups is 1. The molecule has 0 radical (unpaired) electrons. The Morgan fingerprint density at radius 1 is 1.44 bits per heavy atom. The molecule has 0 aliphatic carbocycles. The van der Waals surface area contributed by atoms with Gasteiger partial charge in [0.1, 0.15) is 0 Å². The predicted octanol–water partition coefficient (Wildman–Crippen LogP) is 2.01. The lowest BCUT2D eigenvalue weighted by Gasteiger charge is -2.21. The Balaban J connectivity index is 2.76. The van der Waals surface area contributed by atoms with Crippen LogP contribution in [0.3, 0.4) is 0 Å². The van der Waals surface area contributed by atoms with Crippen LogP contribution in [0.15, 0.2) is 36.9 Å². The van der Waals surface area contributed by atoms with Gasteiger partial charge in [-0.25, -0.2) is 4.79 Å². The maximum absolute atomic E-state index is 11.3. The molecule has 0 saturated heterocycles. The number of methoxy groups -OCH3 is 1. The first-order chi connectivity index (χ1) is 7.47. The summed E-state index contributed by atoms with van der Waals surface area (Å²) in [5.41, 5.74) is 0.0875. The highest BCUT2D eigenvalue weighted by Crippen LogP contribution is 2.24. The van der Waals surface area contributed by atoms with Crippen molar-refractivity contribution in [1.29, 1.82) is 0 Å². The van der Waals surface area contributed by atoms with Gasteiger partial charge in [-0.2, -0.15) is 0 Å². The zero-order valence-electron chi connectivity index (χ0n) is 9.56. The summed E-state index contributed by atoms with van der Waals surface area (Å²) in [6, 6.07) is 9.43. The van der Waals surface area contributed by atoms with Gasteiger partial charge in [-0.3, -0.25) is 0 Å². The molecule has 0 amide bonds. The third-order valence-corrected chi connectivity index (χ3v) is 2.36. The van der Waals surface area contributed by atoms with Gasteiger partial charge in [-0.1, -0.05) is 36.9 Å². The van der Waals surface area contributed by atoms with Crippen LogP contribution in [-0.2, 0) is 9.53 Å². The quantitative estimate of drug-likeness (QED) is 0.789. The summed E-state index contributed by atoms with van der Waals surface area (Å²) in [6.07, 6.45) is 0.156. The highest BCUT2D eigenvalue weighted by Gasteiger charge is 2.32. The molecule has 3 heteroatoms. The van der Waals surface area contributed by atoms with Gasteiger partial charge >= 0.3 is 5.97 Å². The average Bonchev–Trinajstić information content (AvgIpc) is 2.28. The van der Waals surface area contributed by atoms with Crippen LogP contribution in [0, 0.1) is 0 Å². The van der Waals surface area contributed by atoms with E-state index in [4.69, 9.17) is 0 Å². The van der Waals surface area contributed by atoms with E-state index in [-0.39, 0.29) is 6.42 Å². The predicted molar refractivity (Wildman–Crippen MR) is 62.7 cm³/mol. The molecule has 1 aromatic carbocycles. The maximum atomic E-state index is 11.3. The second kappa shape index (κ2) is 4.94. The SMILES string of the molecule is C=C(C[C@@](C)(O)C(=O)OC)c1ccccc1. The fourth-order valence-corrected chi connectivity index (χ4v) is 1.48. The molecular formula is C13H16O3. The second-order valence-electron chi connectivity index (χ2n) is 3.91. The van der Waals surface area contributed by atoms with Crippen molar-refractivity contribution in [2.45, 2.75) is 18.9 Å². The molecule has 0 bridgehead atoms. The summed E-state index contributed by atoms with van der Waals surface area (Å²) in [5.74, 6) is -0.649. The van der Waals surface area contributed by atoms with E-state index in [2.05, 4.69) is 11.3 Å². The third-order valence-electron chi connectivity index (χ3n) is 2.36. The van der Waals surface area contributed by atoms with Crippen molar-refractivity contribution in [3.8, 4) is 0 Å². The molecule has 0 saturated carbocycles. The minimum absolute atomic E-state index is 0.156. The molecule has 0 unspecified atom stereocenters. The van der Waals surface area contributed by atoms with Crippen LogP contribution in [0.1, 0.15) is 18.9 Å². The highest BCUT2D eigenvalue weighted by atomic mass is 16.5. The van der Waals surface area contributed by atoms with Gasteiger partial charge in [0.15, 0.2) is 5.60 Å². The Labute approximate surface area is 95.4 Å². The lowest BCUT2D eigenvalue weighted by molar-refractivity contribution is -0.159. The third kappa shape index (κ3) is 2.94. The zero-order valence-corrected chi connectivity index (χ0v) is 9.56. The maximum Gasteiger partial charge on any atom is 0.337 e. The van der Waals surface area contributed by atoms with Crippen LogP contribution >= 0.6 is 0 Å². The summed E-state index contributed by atoms with van der Waals surface area (Å²) in [7, 11) is 1.25. The summed E-state index contributed by atoms with van der Waals surface area (Å²) >= 11 is 0. The molecule has 0 aromatic heterocycles. The van der Waals surface area contributed by atoms with Gasteiger partial charge in [0.25, 0.3) is 0 Å². The van der Waals surface area contributed by atoms with Crippen LogP contribution in [0.25, 0.3) is 5.57 Å². The van der Waals surface area contributed by atoms with E-state index < -0.39 is 11.6 Å². The Morgan fingerprint density at radius 2 is 2.00 bits per heavy atom. The number of benzene rings is 1. The van der Waals surface area contributed by atoms with E-state index in [0.29, 0.717) is 5.57 Å². The van der Waals surface area contributed by atoms with Crippen molar-refractivity contribution in [2.75, 3.05) is 7.11 Å². The molecule has 1 N–H and O–H groups in total. The van der Waals surface area contributed by atoms with Crippen LogP contribution in [0.4, 0.5) is 0 Å². The number of ether oxygens (including phenoxy) is 1. The molecule has 1 atom stereocenters. The van der Waals surface area contributed by atoms with E-state index in [1.54, 1.807) is 0 Å². The number of hydrogen-bond donors (Lipinski definition) is 1. The first-order valence-electron chi connectivity index (χ1n) is 5.01. The minimum Gasteiger partial charge on any atom is -0.467 e. The van der Waals surface area contributed by atoms with Crippen molar-refractivity contribution in [3.63, 3.8) is 0 Å². The number of rotatable bonds is 4. The van der Waals surface area contributed by atoms with E-state index in [0.717, 1.165) is 5.56 Å². The lowest BCUT2D eigenvalue weighted by Crippen LogP contribution is -2.36. The molecular weight excluding hydrogens is 204 g/mol. The van der Waals surface area contributed by atoms with E-state index in [9.17, 15) is 9.90 Å². The van der Waals surface area contributed by atoms with Gasteiger partial charge < -0.3 is 9.84 Å². The van der Waals surface area contributed by atoms with Crippen LogP contribution in [0.2, 0.25) is 0 Å². The molecule has 0 heterocycles. The molecule has 0 aliphatic rings. The standard InChI is InChI=1S/C13H16O3/c1-10(11-7-5-4-6-8-11)9-13(2,15)12(14)16-3/h4-8,15H,1,9H2,2-3H3/t13-/m1/s1. The second-order valence-corrected chi connectivity index (χ2v) is 3.91. The van der Waals surface area contributed by atoms with Crippen molar-refractivity contribution in [2.24, 2.45) is 0 Å². The minimum atomic E-state index is -1.53. The molecule has 1 aromatic rings. The number of hydrogen-bond acceptors (Lipinski definition) is 3. The molecule has 1 rings (SSSR count). The summed E-state index contributed by atoms with van der Waals surface area (Å²) < 4.78 is 4.52. The smallest absolute Gasteiger partial charge is 0.337 e. The van der Waals surface area contributed by atoms with Crippen LogP contribution in [0.5, 0.6) is 0 Å². The summed E-state index contributed by atoms with van der Waals surface area (Å²) in [6.45, 7) is 5.28. The monoisotopic (exact) mass is 220 g/mol. The van der Waals surface area contributed by atoms with Crippen molar-refractivity contribution < 1.29 is 14.6 Å². The summed E-state index contributed by atoms with van der Waals surface area (Å²) in [5, 5.41) is 9.88. The Bertz CT molecular complexity index is 379. The van der Waals surface area contributed by atoms with Gasteiger partial charge in [0.2, 0.25) is 0 Å². The molecule has 0 spiro atoms. The first kappa shape index (κ1) is 12.5. The van der Waals surface area contributed by atoms with Crippen LogP contribution in [-0.4, -0.2) is 23.8 Å². The Kier molecular flexibility index (Phi) is 3.85. The van der Waals surface area contributed by atoms with Crippen LogP contribution < -0.4 is 0 Å². The largest absolute Gasteiger partial charge is 0.467 e. The summed E-state index contributed by atoms with van der Waals surface area (Å²) in [4.78, 5) is 11.3. The normalized spacial score (nSPS) is 13.9. The Morgan fingerprint density at radius 3 is 2.50 bits per heavy atom. The zero-order chi connectivity index (χ0) is 12.2. The number of aliphatic hydroxyl groups is 1. The molecule has 0 aliphatic heterocycles. The van der Waals surface area contributed by atoms with Crippen molar-refractivity contribution >= 4 is 11.5 Å². The highest BCUT2D eigenvalue weighted by molar-refractivity contribution is 5.82. The fourth-order valence-electron chi connectivity index (χ4n) is 1.48. The van der Waals surface area contributed by atoms with E-state index >= 15 is 0 Å². The molecule has 16 heavy (non-hydrogen) atoms.